The van der Waals surface area contributed by atoms with Gasteiger partial charge in [0.2, 0.25) is 0 Å². The van der Waals surface area contributed by atoms with Crippen molar-refractivity contribution in [1.29, 1.82) is 0 Å². The summed E-state index contributed by atoms with van der Waals surface area (Å²) in [6, 6.07) is 0.451. The molecule has 2 atom stereocenters. The Morgan fingerprint density at radius 1 is 1.32 bits per heavy atom. The highest BCUT2D eigenvalue weighted by Gasteiger charge is 2.27. The van der Waals surface area contributed by atoms with Crippen LogP contribution >= 0.6 is 23.2 Å². The van der Waals surface area contributed by atoms with Crippen LogP contribution in [0.5, 0.6) is 0 Å². The zero-order chi connectivity index (χ0) is 13.4. The van der Waals surface area contributed by atoms with Crippen molar-refractivity contribution >= 4 is 34.2 Å². The van der Waals surface area contributed by atoms with Crippen LogP contribution in [-0.4, -0.2) is 14.5 Å². The third kappa shape index (κ3) is 2.23. The molecule has 0 aliphatic heterocycles. The summed E-state index contributed by atoms with van der Waals surface area (Å²) in [5, 5.41) is 0.666. The first-order chi connectivity index (χ1) is 9.22. The average molecular weight is 298 g/mol. The molecular weight excluding hydrogens is 281 g/mol. The molecule has 0 N–H and O–H groups in total. The molecule has 0 aromatic carbocycles. The molecule has 3 nitrogen and oxygen atoms in total. The van der Waals surface area contributed by atoms with Crippen LogP contribution < -0.4 is 0 Å². The number of alkyl halides is 1. The summed E-state index contributed by atoms with van der Waals surface area (Å²) in [7, 11) is 0. The number of fused-ring (bicyclic) bond motifs is 1. The number of hydrogen-bond acceptors (Lipinski definition) is 2. The lowest BCUT2D eigenvalue weighted by Gasteiger charge is -2.31. The van der Waals surface area contributed by atoms with E-state index >= 15 is 0 Å². The number of pyridine rings is 1. The number of halogens is 2. The molecule has 2 aromatic heterocycles. The van der Waals surface area contributed by atoms with E-state index in [9.17, 15) is 0 Å². The van der Waals surface area contributed by atoms with Gasteiger partial charge in [-0.25, -0.2) is 4.98 Å². The summed E-state index contributed by atoms with van der Waals surface area (Å²) in [5.41, 5.74) is 1.84. The Morgan fingerprint density at radius 2 is 2.11 bits per heavy atom. The van der Waals surface area contributed by atoms with Crippen molar-refractivity contribution in [2.45, 2.75) is 44.5 Å². The van der Waals surface area contributed by atoms with Gasteiger partial charge < -0.3 is 4.57 Å². The van der Waals surface area contributed by atoms with Gasteiger partial charge in [-0.2, -0.15) is 0 Å². The second-order valence-electron chi connectivity index (χ2n) is 5.35. The van der Waals surface area contributed by atoms with Gasteiger partial charge in [0.25, 0.3) is 0 Å². The molecule has 2 unspecified atom stereocenters. The fourth-order valence-corrected chi connectivity index (χ4v) is 3.62. The molecule has 3 rings (SSSR count). The van der Waals surface area contributed by atoms with Crippen LogP contribution in [-0.2, 0) is 5.88 Å². The van der Waals surface area contributed by atoms with Crippen molar-refractivity contribution in [3.63, 3.8) is 0 Å². The van der Waals surface area contributed by atoms with Gasteiger partial charge in [-0.15, -0.1) is 11.6 Å². The van der Waals surface area contributed by atoms with Crippen LogP contribution in [0.25, 0.3) is 11.0 Å². The van der Waals surface area contributed by atoms with E-state index in [2.05, 4.69) is 21.5 Å². The van der Waals surface area contributed by atoms with Crippen molar-refractivity contribution in [2.24, 2.45) is 5.92 Å². The lowest BCUT2D eigenvalue weighted by Crippen LogP contribution is -2.22. The second kappa shape index (κ2) is 5.29. The maximum absolute atomic E-state index is 6.33. The van der Waals surface area contributed by atoms with E-state index in [0.29, 0.717) is 22.9 Å². The minimum absolute atomic E-state index is 0.411. The number of imidazole rings is 1. The average Bonchev–Trinajstić information content (AvgIpc) is 2.79. The fourth-order valence-electron chi connectivity index (χ4n) is 3.19. The first-order valence-corrected chi connectivity index (χ1v) is 7.70. The fraction of sp³-hybridized carbons (Fsp3) is 0.571. The molecule has 1 fully saturated rings. The molecule has 2 aromatic rings. The highest BCUT2D eigenvalue weighted by atomic mass is 35.5. The van der Waals surface area contributed by atoms with E-state index in [1.165, 1.54) is 25.7 Å². The monoisotopic (exact) mass is 297 g/mol. The van der Waals surface area contributed by atoms with Gasteiger partial charge in [0.1, 0.15) is 11.3 Å². The molecule has 2 heterocycles. The zero-order valence-corrected chi connectivity index (χ0v) is 12.5. The van der Waals surface area contributed by atoms with Crippen LogP contribution in [0.2, 0.25) is 5.02 Å². The summed E-state index contributed by atoms with van der Waals surface area (Å²) in [6.45, 7) is 2.31. The van der Waals surface area contributed by atoms with Crippen LogP contribution in [0.1, 0.15) is 44.5 Å². The molecule has 0 amide bonds. The Hall–Kier alpha value is -0.800. The molecule has 0 bridgehead atoms. The van der Waals surface area contributed by atoms with E-state index in [1.807, 2.05) is 0 Å². The quantitative estimate of drug-likeness (QED) is 0.760. The summed E-state index contributed by atoms with van der Waals surface area (Å²) < 4.78 is 2.26. The smallest absolute Gasteiger partial charge is 0.125 e. The van der Waals surface area contributed by atoms with Gasteiger partial charge in [-0.05, 0) is 18.8 Å². The second-order valence-corrected chi connectivity index (χ2v) is 6.02. The predicted molar refractivity (Wildman–Crippen MR) is 78.8 cm³/mol. The summed E-state index contributed by atoms with van der Waals surface area (Å²) >= 11 is 12.4. The lowest BCUT2D eigenvalue weighted by molar-refractivity contribution is 0.258. The molecule has 5 heteroatoms. The Balaban J connectivity index is 2.20. The predicted octanol–water partition coefficient (Wildman–Crippen LogP) is 4.57. The van der Waals surface area contributed by atoms with E-state index in [4.69, 9.17) is 23.2 Å². The minimum Gasteiger partial charge on any atom is -0.322 e. The zero-order valence-electron chi connectivity index (χ0n) is 10.9. The standard InChI is InChI=1S/C14H17Cl2N3/c1-9-4-2-3-5-12(9)19-13(6-15)18-11-8-17-7-10(16)14(11)19/h7-9,12H,2-6H2,1H3. The van der Waals surface area contributed by atoms with Crippen LogP contribution in [0.3, 0.4) is 0 Å². The Morgan fingerprint density at radius 3 is 2.84 bits per heavy atom. The van der Waals surface area contributed by atoms with Crippen molar-refractivity contribution in [3.05, 3.63) is 23.2 Å². The van der Waals surface area contributed by atoms with E-state index in [-0.39, 0.29) is 0 Å². The highest BCUT2D eigenvalue weighted by Crippen LogP contribution is 2.38. The first kappa shape index (κ1) is 13.2. The van der Waals surface area contributed by atoms with Crippen molar-refractivity contribution in [3.8, 4) is 0 Å². The SMILES string of the molecule is CC1CCCCC1n1c(CCl)nc2cncc(Cl)c21. The largest absolute Gasteiger partial charge is 0.322 e. The summed E-state index contributed by atoms with van der Waals surface area (Å²) in [6.07, 6.45) is 8.47. The third-order valence-electron chi connectivity index (χ3n) is 4.14. The van der Waals surface area contributed by atoms with E-state index in [1.54, 1.807) is 12.4 Å². The highest BCUT2D eigenvalue weighted by molar-refractivity contribution is 6.34. The van der Waals surface area contributed by atoms with Crippen LogP contribution in [0.4, 0.5) is 0 Å². The van der Waals surface area contributed by atoms with Gasteiger partial charge in [0.05, 0.1) is 22.6 Å². The van der Waals surface area contributed by atoms with Crippen LogP contribution in [0.15, 0.2) is 12.4 Å². The first-order valence-electron chi connectivity index (χ1n) is 6.78. The molecule has 0 radical (unpaired) electrons. The Bertz CT molecular complexity index is 594. The number of hydrogen-bond donors (Lipinski definition) is 0. The Kier molecular flexibility index (Phi) is 3.68. The van der Waals surface area contributed by atoms with Gasteiger partial charge in [0, 0.05) is 12.2 Å². The van der Waals surface area contributed by atoms with E-state index < -0.39 is 0 Å². The molecule has 1 saturated carbocycles. The molecular formula is C14H17Cl2N3. The molecule has 102 valence electrons. The maximum atomic E-state index is 6.33. The van der Waals surface area contributed by atoms with Crippen molar-refractivity contribution < 1.29 is 0 Å². The maximum Gasteiger partial charge on any atom is 0.125 e. The molecule has 1 aliphatic rings. The minimum atomic E-state index is 0.411. The number of rotatable bonds is 2. The third-order valence-corrected chi connectivity index (χ3v) is 4.66. The normalized spacial score (nSPS) is 23.9. The van der Waals surface area contributed by atoms with Gasteiger partial charge in [-0.3, -0.25) is 4.98 Å². The number of aromatic nitrogens is 3. The van der Waals surface area contributed by atoms with Crippen molar-refractivity contribution in [1.82, 2.24) is 14.5 Å². The van der Waals surface area contributed by atoms with E-state index in [0.717, 1.165) is 16.9 Å². The number of nitrogens with zero attached hydrogens (tertiary/aromatic N) is 3. The van der Waals surface area contributed by atoms with Gasteiger partial charge in [-0.1, -0.05) is 31.4 Å². The topological polar surface area (TPSA) is 30.7 Å². The summed E-state index contributed by atoms with van der Waals surface area (Å²) in [4.78, 5) is 8.70. The Labute approximate surface area is 122 Å². The summed E-state index contributed by atoms with van der Waals surface area (Å²) in [5.74, 6) is 1.96. The molecule has 0 saturated heterocycles. The van der Waals surface area contributed by atoms with Crippen LogP contribution in [0, 0.1) is 5.92 Å². The van der Waals surface area contributed by atoms with Gasteiger partial charge in [0.15, 0.2) is 0 Å². The van der Waals surface area contributed by atoms with Gasteiger partial charge >= 0.3 is 0 Å². The lowest BCUT2D eigenvalue weighted by atomic mass is 9.85. The van der Waals surface area contributed by atoms with Crippen molar-refractivity contribution in [2.75, 3.05) is 0 Å². The molecule has 0 spiro atoms. The molecule has 1 aliphatic carbocycles. The molecule has 19 heavy (non-hydrogen) atoms.